The van der Waals surface area contributed by atoms with Crippen LogP contribution in [0.5, 0.6) is 0 Å². The molecule has 2 aromatic carbocycles. The maximum atomic E-state index is 12.0. The fourth-order valence-corrected chi connectivity index (χ4v) is 4.05. The van der Waals surface area contributed by atoms with Gasteiger partial charge in [0.05, 0.1) is 16.8 Å². The highest BCUT2D eigenvalue weighted by Gasteiger charge is 2.22. The molecule has 4 rings (SSSR count). The van der Waals surface area contributed by atoms with E-state index in [9.17, 15) is 10.1 Å². The van der Waals surface area contributed by atoms with Gasteiger partial charge in [-0.05, 0) is 49.1 Å². The molecule has 0 saturated carbocycles. The second kappa shape index (κ2) is 7.36. The first kappa shape index (κ1) is 18.1. The summed E-state index contributed by atoms with van der Waals surface area (Å²) in [5.41, 5.74) is 5.79. The van der Waals surface area contributed by atoms with Crippen LogP contribution in [-0.2, 0) is 11.3 Å². The topological polar surface area (TPSA) is 49.0 Å². The number of allylic oxidation sites excluding steroid dienone is 1. The van der Waals surface area contributed by atoms with Crippen LogP contribution in [-0.4, -0.2) is 17.0 Å². The average molecular weight is 369 g/mol. The molecule has 1 amide bonds. The number of amides is 1. The summed E-state index contributed by atoms with van der Waals surface area (Å²) in [6.45, 7) is 7.47. The van der Waals surface area contributed by atoms with Gasteiger partial charge in [-0.15, -0.1) is 6.58 Å². The Kier molecular flexibility index (Phi) is 4.75. The predicted octanol–water partition coefficient (Wildman–Crippen LogP) is 5.19. The van der Waals surface area contributed by atoms with Gasteiger partial charge >= 0.3 is 0 Å². The van der Waals surface area contributed by atoms with Gasteiger partial charge in [-0.25, -0.2) is 0 Å². The number of benzene rings is 2. The fourth-order valence-electron chi connectivity index (χ4n) is 4.05. The van der Waals surface area contributed by atoms with Crippen LogP contribution < -0.4 is 4.90 Å². The van der Waals surface area contributed by atoms with Crippen molar-refractivity contribution in [2.24, 2.45) is 0 Å². The van der Waals surface area contributed by atoms with E-state index in [1.54, 1.807) is 0 Å². The average Bonchev–Trinajstić information content (AvgIpc) is 3.27. The van der Waals surface area contributed by atoms with Gasteiger partial charge in [0, 0.05) is 30.6 Å². The van der Waals surface area contributed by atoms with Crippen LogP contribution in [0, 0.1) is 18.3 Å². The number of nitrogens with zero attached hydrogens (tertiary/aromatic N) is 3. The summed E-state index contributed by atoms with van der Waals surface area (Å²) in [6.07, 6.45) is 4.26. The molecule has 0 unspecified atom stereocenters. The minimum atomic E-state index is 0.182. The number of anilines is 1. The summed E-state index contributed by atoms with van der Waals surface area (Å²) in [6, 6.07) is 16.7. The zero-order valence-corrected chi connectivity index (χ0v) is 16.1. The second-order valence-corrected chi connectivity index (χ2v) is 7.28. The Morgan fingerprint density at radius 1 is 1.21 bits per heavy atom. The monoisotopic (exact) mass is 369 g/mol. The zero-order chi connectivity index (χ0) is 19.7. The Bertz CT molecular complexity index is 1100. The first-order valence-electron chi connectivity index (χ1n) is 9.68. The maximum Gasteiger partial charge on any atom is 0.227 e. The zero-order valence-electron chi connectivity index (χ0n) is 16.1. The van der Waals surface area contributed by atoms with Crippen LogP contribution >= 0.6 is 0 Å². The van der Waals surface area contributed by atoms with Gasteiger partial charge in [-0.2, -0.15) is 5.26 Å². The Labute approximate surface area is 165 Å². The van der Waals surface area contributed by atoms with E-state index in [-0.39, 0.29) is 5.91 Å². The number of aryl methyl sites for hydroxylation is 2. The van der Waals surface area contributed by atoms with Gasteiger partial charge < -0.3 is 9.47 Å². The number of carbonyl (C=O) groups is 1. The standard InChI is InChI=1S/C24H23N3O/c1-3-4-13-27-22-15-17(2)7-12-20(22)21(16-25)24(27)18-8-10-19(11-9-18)26-14-5-6-23(26)28/h3,7-12,15H,1,4-6,13-14H2,2H3. The Hall–Kier alpha value is -3.32. The number of nitriles is 1. The Morgan fingerprint density at radius 2 is 2.00 bits per heavy atom. The van der Waals surface area contributed by atoms with Crippen molar-refractivity contribution in [2.75, 3.05) is 11.4 Å². The van der Waals surface area contributed by atoms with E-state index in [0.29, 0.717) is 12.0 Å². The van der Waals surface area contributed by atoms with Crippen LogP contribution in [0.4, 0.5) is 5.69 Å². The molecule has 3 aromatic rings. The third-order valence-electron chi connectivity index (χ3n) is 5.41. The lowest BCUT2D eigenvalue weighted by Crippen LogP contribution is -2.23. The lowest BCUT2D eigenvalue weighted by molar-refractivity contribution is -0.117. The molecule has 0 bridgehead atoms. The first-order chi connectivity index (χ1) is 13.6. The van der Waals surface area contributed by atoms with Crippen molar-refractivity contribution in [1.82, 2.24) is 4.57 Å². The van der Waals surface area contributed by atoms with Crippen LogP contribution in [0.3, 0.4) is 0 Å². The molecular formula is C24H23N3O. The van der Waals surface area contributed by atoms with E-state index >= 15 is 0 Å². The van der Waals surface area contributed by atoms with Crippen molar-refractivity contribution in [3.05, 3.63) is 66.2 Å². The van der Waals surface area contributed by atoms with E-state index < -0.39 is 0 Å². The fraction of sp³-hybridized carbons (Fsp3) is 0.250. The minimum Gasteiger partial charge on any atom is -0.339 e. The summed E-state index contributed by atoms with van der Waals surface area (Å²) in [5, 5.41) is 10.9. The molecule has 4 heteroatoms. The predicted molar refractivity (Wildman–Crippen MR) is 113 cm³/mol. The summed E-state index contributed by atoms with van der Waals surface area (Å²) < 4.78 is 2.22. The molecule has 0 atom stereocenters. The second-order valence-electron chi connectivity index (χ2n) is 7.28. The summed E-state index contributed by atoms with van der Waals surface area (Å²) in [4.78, 5) is 13.9. The maximum absolute atomic E-state index is 12.0. The SMILES string of the molecule is C=CCCn1c(-c2ccc(N3CCCC3=O)cc2)c(C#N)c2ccc(C)cc21. The van der Waals surface area contributed by atoms with Gasteiger partial charge in [-0.1, -0.05) is 30.3 Å². The van der Waals surface area contributed by atoms with E-state index in [2.05, 4.69) is 30.2 Å². The van der Waals surface area contributed by atoms with E-state index in [1.165, 1.54) is 5.56 Å². The van der Waals surface area contributed by atoms with Crippen LogP contribution in [0.1, 0.15) is 30.4 Å². The normalized spacial score (nSPS) is 13.9. The highest BCUT2D eigenvalue weighted by Crippen LogP contribution is 2.35. The summed E-state index contributed by atoms with van der Waals surface area (Å²) in [7, 11) is 0. The molecule has 28 heavy (non-hydrogen) atoms. The minimum absolute atomic E-state index is 0.182. The highest BCUT2D eigenvalue weighted by atomic mass is 16.2. The van der Waals surface area contributed by atoms with E-state index in [4.69, 9.17) is 0 Å². The lowest BCUT2D eigenvalue weighted by Gasteiger charge is -2.16. The van der Waals surface area contributed by atoms with Crippen molar-refractivity contribution in [3.63, 3.8) is 0 Å². The van der Waals surface area contributed by atoms with Crippen molar-refractivity contribution in [2.45, 2.75) is 32.7 Å². The molecule has 1 aromatic heterocycles. The first-order valence-corrected chi connectivity index (χ1v) is 9.68. The molecule has 0 spiro atoms. The van der Waals surface area contributed by atoms with Gasteiger partial charge in [0.15, 0.2) is 0 Å². The number of rotatable bonds is 5. The smallest absolute Gasteiger partial charge is 0.227 e. The molecular weight excluding hydrogens is 346 g/mol. The van der Waals surface area contributed by atoms with Crippen LogP contribution in [0.25, 0.3) is 22.2 Å². The van der Waals surface area contributed by atoms with E-state index in [1.807, 2.05) is 47.4 Å². The van der Waals surface area contributed by atoms with Gasteiger partial charge in [0.25, 0.3) is 0 Å². The number of hydrogen-bond donors (Lipinski definition) is 0. The largest absolute Gasteiger partial charge is 0.339 e. The van der Waals surface area contributed by atoms with Crippen LogP contribution in [0.2, 0.25) is 0 Å². The van der Waals surface area contributed by atoms with Gasteiger partial charge in [0.1, 0.15) is 6.07 Å². The summed E-state index contributed by atoms with van der Waals surface area (Å²) in [5.74, 6) is 0.182. The van der Waals surface area contributed by atoms with Crippen molar-refractivity contribution in [3.8, 4) is 17.3 Å². The number of aromatic nitrogens is 1. The number of hydrogen-bond acceptors (Lipinski definition) is 2. The van der Waals surface area contributed by atoms with E-state index in [0.717, 1.165) is 53.8 Å². The summed E-state index contributed by atoms with van der Waals surface area (Å²) >= 11 is 0. The molecule has 140 valence electrons. The molecule has 0 aliphatic carbocycles. The molecule has 1 fully saturated rings. The van der Waals surface area contributed by atoms with Gasteiger partial charge in [0.2, 0.25) is 5.91 Å². The van der Waals surface area contributed by atoms with Gasteiger partial charge in [-0.3, -0.25) is 4.79 Å². The Morgan fingerprint density at radius 3 is 2.64 bits per heavy atom. The highest BCUT2D eigenvalue weighted by molar-refractivity contribution is 5.97. The molecule has 0 radical (unpaired) electrons. The Balaban J connectivity index is 1.86. The number of carbonyl (C=O) groups excluding carboxylic acids is 1. The number of fused-ring (bicyclic) bond motifs is 1. The molecule has 0 N–H and O–H groups in total. The van der Waals surface area contributed by atoms with Crippen molar-refractivity contribution in [1.29, 1.82) is 5.26 Å². The van der Waals surface area contributed by atoms with Crippen molar-refractivity contribution < 1.29 is 4.79 Å². The van der Waals surface area contributed by atoms with Crippen LogP contribution in [0.15, 0.2) is 55.1 Å². The lowest BCUT2D eigenvalue weighted by atomic mass is 10.0. The third kappa shape index (κ3) is 2.99. The molecule has 1 aliphatic rings. The quantitative estimate of drug-likeness (QED) is 0.581. The molecule has 1 aliphatic heterocycles. The van der Waals surface area contributed by atoms with Crippen molar-refractivity contribution >= 4 is 22.5 Å². The third-order valence-corrected chi connectivity index (χ3v) is 5.41. The molecule has 4 nitrogen and oxygen atoms in total. The molecule has 1 saturated heterocycles. The molecule has 2 heterocycles.